The fourth-order valence-corrected chi connectivity index (χ4v) is 1.36. The molecule has 0 aliphatic heterocycles. The quantitative estimate of drug-likeness (QED) is 0.511. The molecule has 0 radical (unpaired) electrons. The first kappa shape index (κ1) is 12.2. The predicted octanol–water partition coefficient (Wildman–Crippen LogP) is 1.30. The van der Waals surface area contributed by atoms with Crippen molar-refractivity contribution in [2.75, 3.05) is 13.7 Å². The molecule has 82 valence electrons. The van der Waals surface area contributed by atoms with Crippen molar-refractivity contribution in [3.8, 4) is 0 Å². The van der Waals surface area contributed by atoms with Crippen LogP contribution in [0.15, 0.2) is 28.7 Å². The number of hydrogen-bond acceptors (Lipinski definition) is 3. The molecule has 0 saturated heterocycles. The lowest BCUT2D eigenvalue weighted by Crippen LogP contribution is -2.35. The Kier molecular flexibility index (Phi) is 4.74. The summed E-state index contributed by atoms with van der Waals surface area (Å²) in [6.07, 6.45) is 0. The lowest BCUT2D eigenvalue weighted by atomic mass is 10.2. The highest BCUT2D eigenvalue weighted by Gasteiger charge is 2.05. The second-order valence-corrected chi connectivity index (χ2v) is 3.94. The zero-order valence-corrected chi connectivity index (χ0v) is 10.0. The number of nitrogens with zero attached hydrogens (tertiary/aromatic N) is 1. The maximum absolute atomic E-state index is 11.1. The molecule has 0 bridgehead atoms. The van der Waals surface area contributed by atoms with Gasteiger partial charge in [0.2, 0.25) is 0 Å². The molecule has 1 aromatic rings. The number of ether oxygens (including phenoxy) is 1. The molecule has 0 fully saturated rings. The maximum Gasteiger partial charge on any atom is 0.262 e. The van der Waals surface area contributed by atoms with Crippen LogP contribution >= 0.6 is 15.9 Å². The molecule has 0 saturated carbocycles. The van der Waals surface area contributed by atoms with Crippen LogP contribution in [0.1, 0.15) is 5.56 Å². The average Bonchev–Trinajstić information content (AvgIpc) is 2.20. The van der Waals surface area contributed by atoms with Crippen molar-refractivity contribution < 1.29 is 9.53 Å². The highest BCUT2D eigenvalue weighted by Crippen LogP contribution is 2.16. The number of carbonyl (C=O) groups is 1. The molecule has 5 heteroatoms. The second kappa shape index (κ2) is 5.85. The molecule has 1 aromatic carbocycles. The molecule has 2 N–H and O–H groups in total. The normalized spacial score (nSPS) is 10.1. The summed E-state index contributed by atoms with van der Waals surface area (Å²) < 4.78 is 6.19. The zero-order valence-electron chi connectivity index (χ0n) is 8.44. The van der Waals surface area contributed by atoms with E-state index in [-0.39, 0.29) is 12.5 Å². The van der Waals surface area contributed by atoms with Crippen LogP contribution in [-0.4, -0.2) is 24.6 Å². The molecule has 0 heterocycles. The number of nitrogens with two attached hydrogens (primary N) is 1. The Hall–Kier alpha value is -0.910. The number of amides is 1. The molecule has 0 atom stereocenters. The summed E-state index contributed by atoms with van der Waals surface area (Å²) in [5, 5.41) is 1.01. The Morgan fingerprint density at radius 2 is 2.20 bits per heavy atom. The van der Waals surface area contributed by atoms with Gasteiger partial charge in [-0.05, 0) is 11.6 Å². The second-order valence-electron chi connectivity index (χ2n) is 3.09. The van der Waals surface area contributed by atoms with Gasteiger partial charge in [-0.2, -0.15) is 0 Å². The van der Waals surface area contributed by atoms with Crippen LogP contribution in [-0.2, 0) is 16.1 Å². The van der Waals surface area contributed by atoms with E-state index in [1.165, 1.54) is 7.05 Å². The van der Waals surface area contributed by atoms with Crippen molar-refractivity contribution in [2.24, 2.45) is 5.84 Å². The molecule has 0 aromatic heterocycles. The van der Waals surface area contributed by atoms with Gasteiger partial charge in [0, 0.05) is 11.5 Å². The van der Waals surface area contributed by atoms with Crippen LogP contribution in [0.2, 0.25) is 0 Å². The fourth-order valence-electron chi connectivity index (χ4n) is 0.966. The summed E-state index contributed by atoms with van der Waals surface area (Å²) in [7, 11) is 1.49. The topological polar surface area (TPSA) is 55.6 Å². The first-order valence-corrected chi connectivity index (χ1v) is 5.23. The van der Waals surface area contributed by atoms with Crippen LogP contribution in [0.3, 0.4) is 0 Å². The smallest absolute Gasteiger partial charge is 0.262 e. The van der Waals surface area contributed by atoms with E-state index >= 15 is 0 Å². The molecule has 15 heavy (non-hydrogen) atoms. The minimum absolute atomic E-state index is 0.00562. The fraction of sp³-hybridized carbons (Fsp3) is 0.300. The van der Waals surface area contributed by atoms with E-state index in [2.05, 4.69) is 15.9 Å². The summed E-state index contributed by atoms with van der Waals surface area (Å²) in [4.78, 5) is 11.1. The number of carbonyl (C=O) groups excluding carboxylic acids is 1. The number of hydrogen-bond donors (Lipinski definition) is 1. The van der Waals surface area contributed by atoms with E-state index in [9.17, 15) is 4.79 Å². The lowest BCUT2D eigenvalue weighted by Gasteiger charge is -2.10. The molecular formula is C10H13BrN2O2. The monoisotopic (exact) mass is 272 g/mol. The van der Waals surface area contributed by atoms with E-state index < -0.39 is 0 Å². The van der Waals surface area contributed by atoms with Crippen LogP contribution in [0, 0.1) is 0 Å². The number of likely N-dealkylation sites (N-methyl/N-ethyl adjacent to an activating group) is 1. The van der Waals surface area contributed by atoms with Crippen LogP contribution < -0.4 is 5.84 Å². The Balaban J connectivity index is 2.38. The van der Waals surface area contributed by atoms with E-state index in [1.807, 2.05) is 24.3 Å². The van der Waals surface area contributed by atoms with Crippen molar-refractivity contribution >= 4 is 21.8 Å². The van der Waals surface area contributed by atoms with E-state index in [0.29, 0.717) is 6.61 Å². The van der Waals surface area contributed by atoms with Gasteiger partial charge in [0.05, 0.1) is 6.61 Å². The first-order chi connectivity index (χ1) is 7.11. The van der Waals surface area contributed by atoms with Crippen molar-refractivity contribution in [2.45, 2.75) is 6.61 Å². The average molecular weight is 273 g/mol. The molecule has 0 aliphatic rings. The molecule has 1 amide bonds. The molecular weight excluding hydrogens is 260 g/mol. The summed E-state index contributed by atoms with van der Waals surface area (Å²) >= 11 is 3.39. The Bertz CT molecular complexity index is 342. The number of rotatable bonds is 4. The van der Waals surface area contributed by atoms with Crippen molar-refractivity contribution in [1.82, 2.24) is 5.01 Å². The Morgan fingerprint density at radius 1 is 1.53 bits per heavy atom. The van der Waals surface area contributed by atoms with E-state index in [1.54, 1.807) is 0 Å². The van der Waals surface area contributed by atoms with Gasteiger partial charge < -0.3 is 4.74 Å². The molecule has 0 spiro atoms. The minimum Gasteiger partial charge on any atom is -0.367 e. The Labute approximate surface area is 97.1 Å². The molecule has 4 nitrogen and oxygen atoms in total. The number of hydrazine groups is 1. The van der Waals surface area contributed by atoms with Gasteiger partial charge >= 0.3 is 0 Å². The van der Waals surface area contributed by atoms with Crippen molar-refractivity contribution in [3.63, 3.8) is 0 Å². The van der Waals surface area contributed by atoms with Crippen LogP contribution in [0.5, 0.6) is 0 Å². The third-order valence-corrected chi connectivity index (χ3v) is 2.61. The molecule has 0 aliphatic carbocycles. The van der Waals surface area contributed by atoms with E-state index in [0.717, 1.165) is 15.0 Å². The number of benzene rings is 1. The SMILES string of the molecule is CN(N)C(=O)COCc1ccccc1Br. The van der Waals surface area contributed by atoms with E-state index in [4.69, 9.17) is 10.6 Å². The largest absolute Gasteiger partial charge is 0.367 e. The molecule has 1 rings (SSSR count). The maximum atomic E-state index is 11.1. The third kappa shape index (κ3) is 3.99. The van der Waals surface area contributed by atoms with Crippen LogP contribution in [0.25, 0.3) is 0 Å². The standard InChI is InChI=1S/C10H13BrN2O2/c1-13(12)10(14)7-15-6-8-4-2-3-5-9(8)11/h2-5H,6-7,12H2,1H3. The van der Waals surface area contributed by atoms with Gasteiger partial charge in [-0.3, -0.25) is 9.80 Å². The molecule has 0 unspecified atom stereocenters. The van der Waals surface area contributed by atoms with Gasteiger partial charge in [0.1, 0.15) is 6.61 Å². The summed E-state index contributed by atoms with van der Waals surface area (Å²) in [6, 6.07) is 7.70. The first-order valence-electron chi connectivity index (χ1n) is 4.43. The number of halogens is 1. The predicted molar refractivity (Wildman–Crippen MR) is 60.8 cm³/mol. The highest BCUT2D eigenvalue weighted by atomic mass is 79.9. The summed E-state index contributed by atoms with van der Waals surface area (Å²) in [6.45, 7) is 0.384. The summed E-state index contributed by atoms with van der Waals surface area (Å²) in [5.74, 6) is 4.99. The van der Waals surface area contributed by atoms with Gasteiger partial charge in [0.25, 0.3) is 5.91 Å². The van der Waals surface area contributed by atoms with Crippen LogP contribution in [0.4, 0.5) is 0 Å². The third-order valence-electron chi connectivity index (χ3n) is 1.83. The minimum atomic E-state index is -0.248. The summed E-state index contributed by atoms with van der Waals surface area (Å²) in [5.41, 5.74) is 1.00. The Morgan fingerprint density at radius 3 is 2.80 bits per heavy atom. The highest BCUT2D eigenvalue weighted by molar-refractivity contribution is 9.10. The lowest BCUT2D eigenvalue weighted by molar-refractivity contribution is -0.135. The zero-order chi connectivity index (χ0) is 11.3. The van der Waals surface area contributed by atoms with Gasteiger partial charge in [-0.15, -0.1) is 0 Å². The van der Waals surface area contributed by atoms with Gasteiger partial charge in [-0.1, -0.05) is 34.1 Å². The van der Waals surface area contributed by atoms with Crippen molar-refractivity contribution in [1.29, 1.82) is 0 Å². The van der Waals surface area contributed by atoms with Gasteiger partial charge in [0.15, 0.2) is 0 Å². The van der Waals surface area contributed by atoms with Crippen molar-refractivity contribution in [3.05, 3.63) is 34.3 Å². The van der Waals surface area contributed by atoms with Gasteiger partial charge in [-0.25, -0.2) is 5.84 Å².